The van der Waals surface area contributed by atoms with Crippen molar-refractivity contribution in [2.45, 2.75) is 0 Å². The van der Waals surface area contributed by atoms with Crippen LogP contribution in [0, 0.1) is 0 Å². The minimum absolute atomic E-state index is 0.515. The van der Waals surface area contributed by atoms with Gasteiger partial charge in [-0.25, -0.2) is 0 Å². The molecule has 0 saturated heterocycles. The Balaban J connectivity index is 2.11. The molecule has 0 aromatic heterocycles. The number of halogens is 4. The predicted octanol–water partition coefficient (Wildman–Crippen LogP) is 5.75. The van der Waals surface area contributed by atoms with Crippen molar-refractivity contribution in [1.29, 1.82) is 0 Å². The van der Waals surface area contributed by atoms with Gasteiger partial charge in [-0.15, -0.1) is 0 Å². The van der Waals surface area contributed by atoms with E-state index in [0.717, 1.165) is 11.1 Å². The summed E-state index contributed by atoms with van der Waals surface area (Å²) in [7, 11) is 0. The van der Waals surface area contributed by atoms with Gasteiger partial charge in [0.15, 0.2) is 0 Å². The smallest absolute Gasteiger partial charge is 0.0583 e. The van der Waals surface area contributed by atoms with Crippen molar-refractivity contribution < 1.29 is 0 Å². The molecular weight excluding hydrogens is 338 g/mol. The van der Waals surface area contributed by atoms with E-state index < -0.39 is 0 Å². The lowest BCUT2D eigenvalue weighted by atomic mass is 10.2. The van der Waals surface area contributed by atoms with Crippen LogP contribution >= 0.6 is 46.4 Å². The largest absolute Gasteiger partial charge is 0.158 e. The van der Waals surface area contributed by atoms with Gasteiger partial charge < -0.3 is 0 Å². The molecule has 0 bridgehead atoms. The predicted molar refractivity (Wildman–Crippen MR) is 88.1 cm³/mol. The average molecular weight is 346 g/mol. The fraction of sp³-hybridized carbons (Fsp3) is 0. The summed E-state index contributed by atoms with van der Waals surface area (Å²) in [5, 5.41) is 10.0. The molecule has 2 aromatic carbocycles. The Kier molecular flexibility index (Phi) is 5.44. The maximum Gasteiger partial charge on any atom is 0.0583 e. The molecule has 0 unspecified atom stereocenters. The molecule has 0 amide bonds. The minimum Gasteiger partial charge on any atom is -0.158 e. The first-order chi connectivity index (χ1) is 9.56. The Morgan fingerprint density at radius 3 is 1.40 bits per heavy atom. The van der Waals surface area contributed by atoms with Crippen molar-refractivity contribution in [1.82, 2.24) is 0 Å². The third-order valence-electron chi connectivity index (χ3n) is 2.39. The Labute approximate surface area is 136 Å². The van der Waals surface area contributed by atoms with E-state index in [1.165, 1.54) is 0 Å². The van der Waals surface area contributed by atoms with Crippen LogP contribution < -0.4 is 0 Å². The van der Waals surface area contributed by atoms with E-state index in [0.29, 0.717) is 20.1 Å². The summed E-state index contributed by atoms with van der Waals surface area (Å²) in [5.74, 6) is 0. The molecule has 0 fully saturated rings. The first-order valence-corrected chi connectivity index (χ1v) is 7.04. The first-order valence-electron chi connectivity index (χ1n) is 5.53. The number of benzene rings is 2. The molecule has 2 nitrogen and oxygen atoms in total. The molecule has 20 heavy (non-hydrogen) atoms. The lowest BCUT2D eigenvalue weighted by Gasteiger charge is -1.97. The van der Waals surface area contributed by atoms with Crippen LogP contribution in [-0.2, 0) is 0 Å². The number of hydrogen-bond acceptors (Lipinski definition) is 2. The summed E-state index contributed by atoms with van der Waals surface area (Å²) in [4.78, 5) is 0. The number of hydrogen-bond donors (Lipinski definition) is 0. The van der Waals surface area contributed by atoms with E-state index in [1.807, 2.05) is 0 Å². The number of rotatable bonds is 3. The van der Waals surface area contributed by atoms with Gasteiger partial charge in [-0.3, -0.25) is 0 Å². The van der Waals surface area contributed by atoms with Gasteiger partial charge in [0.2, 0.25) is 0 Å². The van der Waals surface area contributed by atoms with E-state index in [-0.39, 0.29) is 0 Å². The van der Waals surface area contributed by atoms with Gasteiger partial charge in [0.1, 0.15) is 0 Å². The molecule has 0 atom stereocenters. The van der Waals surface area contributed by atoms with Crippen LogP contribution in [0.5, 0.6) is 0 Å². The third kappa shape index (κ3) is 4.22. The van der Waals surface area contributed by atoms with Crippen molar-refractivity contribution in [3.05, 3.63) is 67.6 Å². The monoisotopic (exact) mass is 344 g/mol. The second-order valence-electron chi connectivity index (χ2n) is 3.82. The molecule has 2 rings (SSSR count). The first kappa shape index (κ1) is 15.3. The van der Waals surface area contributed by atoms with E-state index in [2.05, 4.69) is 10.2 Å². The molecular formula is C14H8Cl4N2. The highest BCUT2D eigenvalue weighted by Crippen LogP contribution is 2.20. The second kappa shape index (κ2) is 7.09. The van der Waals surface area contributed by atoms with Gasteiger partial charge in [-0.2, -0.15) is 10.2 Å². The fourth-order valence-corrected chi connectivity index (χ4v) is 2.32. The fourth-order valence-electron chi connectivity index (χ4n) is 1.40. The summed E-state index contributed by atoms with van der Waals surface area (Å²) in [6, 6.07) is 10.3. The van der Waals surface area contributed by atoms with Crippen molar-refractivity contribution >= 4 is 58.8 Å². The molecule has 6 heteroatoms. The summed E-state index contributed by atoms with van der Waals surface area (Å²) >= 11 is 23.6. The minimum atomic E-state index is 0.515. The van der Waals surface area contributed by atoms with Crippen LogP contribution in [0.4, 0.5) is 0 Å². The zero-order chi connectivity index (χ0) is 14.5. The van der Waals surface area contributed by atoms with Crippen molar-refractivity contribution in [2.24, 2.45) is 10.2 Å². The van der Waals surface area contributed by atoms with Gasteiger partial charge in [-0.05, 0) is 24.3 Å². The SMILES string of the molecule is Clc1ccc(/C=N/N=C/c2ccc(Cl)cc2Cl)c(Cl)c1. The Hall–Kier alpha value is -1.06. The maximum atomic E-state index is 6.00. The lowest BCUT2D eigenvalue weighted by molar-refractivity contribution is 1.26. The highest BCUT2D eigenvalue weighted by Gasteiger charge is 1.98. The van der Waals surface area contributed by atoms with Crippen LogP contribution in [0.3, 0.4) is 0 Å². The maximum absolute atomic E-state index is 6.00. The Morgan fingerprint density at radius 1 is 0.650 bits per heavy atom. The summed E-state index contributed by atoms with van der Waals surface area (Å²) in [6.07, 6.45) is 3.08. The van der Waals surface area contributed by atoms with Gasteiger partial charge >= 0.3 is 0 Å². The van der Waals surface area contributed by atoms with Crippen molar-refractivity contribution in [2.75, 3.05) is 0 Å². The molecule has 0 heterocycles. The molecule has 0 aliphatic heterocycles. The molecule has 0 spiro atoms. The normalized spacial score (nSPS) is 11.6. The lowest BCUT2D eigenvalue weighted by Crippen LogP contribution is -1.84. The number of nitrogens with zero attached hydrogens (tertiary/aromatic N) is 2. The molecule has 0 aliphatic rings. The van der Waals surface area contributed by atoms with E-state index in [4.69, 9.17) is 46.4 Å². The van der Waals surface area contributed by atoms with Crippen LogP contribution in [0.2, 0.25) is 20.1 Å². The van der Waals surface area contributed by atoms with E-state index in [1.54, 1.807) is 48.8 Å². The van der Waals surface area contributed by atoms with Gasteiger partial charge in [0.25, 0.3) is 0 Å². The van der Waals surface area contributed by atoms with Crippen LogP contribution in [0.25, 0.3) is 0 Å². The van der Waals surface area contributed by atoms with Crippen molar-refractivity contribution in [3.8, 4) is 0 Å². The van der Waals surface area contributed by atoms with E-state index in [9.17, 15) is 0 Å². The van der Waals surface area contributed by atoms with Crippen LogP contribution in [0.1, 0.15) is 11.1 Å². The highest BCUT2D eigenvalue weighted by molar-refractivity contribution is 6.36. The average Bonchev–Trinajstić information content (AvgIpc) is 2.39. The zero-order valence-corrected chi connectivity index (χ0v) is 13.0. The standard InChI is InChI=1S/C14H8Cl4N2/c15-11-3-1-9(13(17)5-11)7-19-20-8-10-2-4-12(16)6-14(10)18/h1-8H/b19-7+,20-8+. The third-order valence-corrected chi connectivity index (χ3v) is 3.51. The van der Waals surface area contributed by atoms with Crippen LogP contribution in [0.15, 0.2) is 46.6 Å². The molecule has 0 aliphatic carbocycles. The van der Waals surface area contributed by atoms with Gasteiger partial charge in [0.05, 0.1) is 22.5 Å². The topological polar surface area (TPSA) is 24.7 Å². The zero-order valence-electron chi connectivity index (χ0n) is 10.0. The van der Waals surface area contributed by atoms with Gasteiger partial charge in [0, 0.05) is 21.2 Å². The summed E-state index contributed by atoms with van der Waals surface area (Å²) in [6.45, 7) is 0. The van der Waals surface area contributed by atoms with E-state index >= 15 is 0 Å². The molecule has 0 N–H and O–H groups in total. The Bertz CT molecular complexity index is 621. The molecule has 102 valence electrons. The highest BCUT2D eigenvalue weighted by atomic mass is 35.5. The molecule has 0 saturated carbocycles. The van der Waals surface area contributed by atoms with Crippen molar-refractivity contribution in [3.63, 3.8) is 0 Å². The summed E-state index contributed by atoms with van der Waals surface area (Å²) in [5.41, 5.74) is 1.46. The quantitative estimate of drug-likeness (QED) is 0.499. The molecule has 2 aromatic rings. The van der Waals surface area contributed by atoms with Gasteiger partial charge in [-0.1, -0.05) is 58.5 Å². The Morgan fingerprint density at radius 2 is 1.05 bits per heavy atom. The summed E-state index contributed by atoms with van der Waals surface area (Å²) < 4.78 is 0. The molecule has 0 radical (unpaired) electrons. The van der Waals surface area contributed by atoms with Crippen LogP contribution in [-0.4, -0.2) is 12.4 Å². The second-order valence-corrected chi connectivity index (χ2v) is 5.51.